The number of rotatable bonds is 4. The minimum Gasteiger partial charge on any atom is -0.299 e. The fourth-order valence-electron chi connectivity index (χ4n) is 1.89. The van der Waals surface area contributed by atoms with Gasteiger partial charge < -0.3 is 0 Å². The minimum absolute atomic E-state index is 0.00777. The van der Waals surface area contributed by atoms with Crippen LogP contribution in [0.5, 0.6) is 0 Å². The molecule has 0 unspecified atom stereocenters. The van der Waals surface area contributed by atoms with Crippen molar-refractivity contribution in [2.45, 2.75) is 18.2 Å². The third-order valence-corrected chi connectivity index (χ3v) is 4.03. The fourth-order valence-corrected chi connectivity index (χ4v) is 2.09. The van der Waals surface area contributed by atoms with Crippen LogP contribution in [0, 0.1) is 0 Å². The Morgan fingerprint density at radius 1 is 1.22 bits per heavy atom. The maximum absolute atomic E-state index is 12.0. The molecule has 2 rings (SSSR count). The highest BCUT2D eigenvalue weighted by atomic mass is 79.9. The van der Waals surface area contributed by atoms with Gasteiger partial charge >= 0.3 is 0 Å². The molecule has 0 saturated heterocycles. The smallest absolute Gasteiger partial charge is 0.261 e. The van der Waals surface area contributed by atoms with Gasteiger partial charge in [0.1, 0.15) is 5.78 Å². The predicted octanol–water partition coefficient (Wildman–Crippen LogP) is 2.03. The van der Waals surface area contributed by atoms with Gasteiger partial charge in [-0.15, -0.1) is 0 Å². The highest BCUT2D eigenvalue weighted by molar-refractivity contribution is 9.10. The van der Waals surface area contributed by atoms with Crippen molar-refractivity contribution in [1.82, 2.24) is 4.90 Å². The number of hydrogen-bond donors (Lipinski definition) is 0. The van der Waals surface area contributed by atoms with Crippen LogP contribution in [0.15, 0.2) is 24.3 Å². The van der Waals surface area contributed by atoms with Crippen LogP contribution < -0.4 is 0 Å². The van der Waals surface area contributed by atoms with E-state index in [0.29, 0.717) is 17.5 Å². The van der Waals surface area contributed by atoms with Gasteiger partial charge in [0.25, 0.3) is 11.8 Å². The summed E-state index contributed by atoms with van der Waals surface area (Å²) in [6.07, 6.45) is 0.431. The average molecular weight is 310 g/mol. The van der Waals surface area contributed by atoms with E-state index in [0.717, 1.165) is 0 Å². The highest BCUT2D eigenvalue weighted by Gasteiger charge is 2.35. The molecule has 4 nitrogen and oxygen atoms in total. The van der Waals surface area contributed by atoms with Crippen LogP contribution in [0.25, 0.3) is 0 Å². The number of hydrogen-bond acceptors (Lipinski definition) is 3. The van der Waals surface area contributed by atoms with E-state index in [1.807, 2.05) is 0 Å². The van der Waals surface area contributed by atoms with Crippen LogP contribution in [-0.4, -0.2) is 33.9 Å². The Balaban J connectivity index is 2.12. The van der Waals surface area contributed by atoms with Crippen LogP contribution >= 0.6 is 15.9 Å². The van der Waals surface area contributed by atoms with E-state index in [9.17, 15) is 14.4 Å². The van der Waals surface area contributed by atoms with Gasteiger partial charge in [0.2, 0.25) is 0 Å². The lowest BCUT2D eigenvalue weighted by Gasteiger charge is -2.14. The molecule has 0 bridgehead atoms. The molecule has 0 saturated carbocycles. The number of fused-ring (bicyclic) bond motifs is 1. The number of carbonyl (C=O) groups is 3. The molecule has 0 aromatic heterocycles. The fraction of sp³-hybridized carbons (Fsp3) is 0.308. The predicted molar refractivity (Wildman–Crippen MR) is 69.8 cm³/mol. The molecule has 1 aliphatic rings. The molecular weight excluding hydrogens is 298 g/mol. The summed E-state index contributed by atoms with van der Waals surface area (Å²) in [6, 6.07) is 6.76. The van der Waals surface area contributed by atoms with Crippen molar-refractivity contribution >= 4 is 33.5 Å². The Morgan fingerprint density at radius 2 is 1.72 bits per heavy atom. The Morgan fingerprint density at radius 3 is 2.17 bits per heavy atom. The summed E-state index contributed by atoms with van der Waals surface area (Å²) in [4.78, 5) is 36.0. The van der Waals surface area contributed by atoms with E-state index in [2.05, 4.69) is 15.9 Å². The molecule has 94 valence electrons. The van der Waals surface area contributed by atoms with Crippen molar-refractivity contribution in [3.05, 3.63) is 35.4 Å². The zero-order chi connectivity index (χ0) is 13.3. The van der Waals surface area contributed by atoms with Gasteiger partial charge in [-0.3, -0.25) is 19.3 Å². The molecule has 18 heavy (non-hydrogen) atoms. The zero-order valence-electron chi connectivity index (χ0n) is 9.85. The summed E-state index contributed by atoms with van der Waals surface area (Å²) >= 11 is 3.23. The van der Waals surface area contributed by atoms with Gasteiger partial charge in [-0.2, -0.15) is 0 Å². The lowest BCUT2D eigenvalue weighted by molar-refractivity contribution is -0.116. The maximum Gasteiger partial charge on any atom is 0.261 e. The summed E-state index contributed by atoms with van der Waals surface area (Å²) < 4.78 is 0. The molecule has 0 fully saturated rings. The number of Topliss-reactive ketones (excluding diaryl/α,β-unsaturated/α-hetero) is 1. The highest BCUT2D eigenvalue weighted by Crippen LogP contribution is 2.23. The van der Waals surface area contributed by atoms with Crippen LogP contribution in [0.1, 0.15) is 34.1 Å². The first-order chi connectivity index (χ1) is 8.52. The molecule has 0 radical (unpaired) electrons. The average Bonchev–Trinajstić information content (AvgIpc) is 2.60. The number of ketones is 1. The Hall–Kier alpha value is -1.49. The number of imide groups is 1. The monoisotopic (exact) mass is 309 g/mol. The molecular formula is C13H12BrNO3. The topological polar surface area (TPSA) is 54.5 Å². The number of benzene rings is 1. The Labute approximate surface area is 113 Å². The Bertz CT molecular complexity index is 492. The molecule has 5 heteroatoms. The summed E-state index contributed by atoms with van der Waals surface area (Å²) in [5, 5.41) is 0. The van der Waals surface area contributed by atoms with Gasteiger partial charge in [-0.05, 0) is 25.5 Å². The van der Waals surface area contributed by atoms with Gasteiger partial charge in [0.05, 0.1) is 16.0 Å². The largest absolute Gasteiger partial charge is 0.299 e. The lowest BCUT2D eigenvalue weighted by atomic mass is 10.1. The number of carbonyl (C=O) groups excluding carboxylic acids is 3. The van der Waals surface area contributed by atoms with E-state index in [4.69, 9.17) is 0 Å². The van der Waals surface area contributed by atoms with Crippen LogP contribution in [0.4, 0.5) is 0 Å². The van der Waals surface area contributed by atoms with Gasteiger partial charge in [0.15, 0.2) is 0 Å². The molecule has 1 aromatic rings. The first kappa shape index (κ1) is 13.0. The molecule has 1 heterocycles. The number of halogens is 1. The van der Waals surface area contributed by atoms with Crippen molar-refractivity contribution in [1.29, 1.82) is 0 Å². The molecule has 0 N–H and O–H groups in total. The van der Waals surface area contributed by atoms with Gasteiger partial charge in [-0.25, -0.2) is 0 Å². The van der Waals surface area contributed by atoms with Gasteiger partial charge in [-0.1, -0.05) is 28.1 Å². The number of amides is 2. The normalized spacial score (nSPS) is 15.8. The molecule has 1 aliphatic heterocycles. The number of nitrogens with zero attached hydrogens (tertiary/aromatic N) is 1. The lowest BCUT2D eigenvalue weighted by Crippen LogP contribution is -2.32. The first-order valence-electron chi connectivity index (χ1n) is 5.62. The zero-order valence-corrected chi connectivity index (χ0v) is 11.4. The quantitative estimate of drug-likeness (QED) is 0.631. The van der Waals surface area contributed by atoms with Crippen LogP contribution in [0.2, 0.25) is 0 Å². The number of alkyl halides is 1. The molecule has 1 aromatic carbocycles. The minimum atomic E-state index is -0.318. The van der Waals surface area contributed by atoms with Crippen molar-refractivity contribution in [3.8, 4) is 0 Å². The second-order valence-corrected chi connectivity index (χ2v) is 5.28. The van der Waals surface area contributed by atoms with E-state index in [-0.39, 0.29) is 29.0 Å². The molecule has 1 atom stereocenters. The third kappa shape index (κ3) is 2.22. The van der Waals surface area contributed by atoms with Crippen molar-refractivity contribution in [2.24, 2.45) is 0 Å². The Kier molecular flexibility index (Phi) is 3.61. The van der Waals surface area contributed by atoms with Crippen molar-refractivity contribution in [2.75, 3.05) is 6.54 Å². The van der Waals surface area contributed by atoms with Gasteiger partial charge in [0, 0.05) is 6.54 Å². The maximum atomic E-state index is 12.0. The molecule has 0 spiro atoms. The van der Waals surface area contributed by atoms with Crippen molar-refractivity contribution < 1.29 is 14.4 Å². The summed E-state index contributed by atoms with van der Waals surface area (Å²) in [5.41, 5.74) is 0.882. The van der Waals surface area contributed by atoms with E-state index in [1.54, 1.807) is 24.3 Å². The second-order valence-electron chi connectivity index (χ2n) is 4.17. The molecule has 2 amide bonds. The standard InChI is InChI=1S/C13H12BrNO3/c1-8(16)11(14)6-7-15-12(17)9-4-2-3-5-10(9)13(15)18/h2-5,11H,6-7H2,1H3/t11-/m0/s1. The summed E-state index contributed by atoms with van der Waals surface area (Å²) in [6.45, 7) is 1.73. The van der Waals surface area contributed by atoms with E-state index in [1.165, 1.54) is 11.8 Å². The van der Waals surface area contributed by atoms with Crippen LogP contribution in [-0.2, 0) is 4.79 Å². The third-order valence-electron chi connectivity index (χ3n) is 2.93. The molecule has 0 aliphatic carbocycles. The summed E-state index contributed by atoms with van der Waals surface area (Å²) in [5.74, 6) is -0.565. The summed E-state index contributed by atoms with van der Waals surface area (Å²) in [7, 11) is 0. The first-order valence-corrected chi connectivity index (χ1v) is 6.53. The van der Waals surface area contributed by atoms with Crippen LogP contribution in [0.3, 0.4) is 0 Å². The van der Waals surface area contributed by atoms with Crippen molar-refractivity contribution in [3.63, 3.8) is 0 Å². The van der Waals surface area contributed by atoms with E-state index < -0.39 is 0 Å². The van der Waals surface area contributed by atoms with E-state index >= 15 is 0 Å². The second kappa shape index (κ2) is 5.02. The SMILES string of the molecule is CC(=O)[C@@H](Br)CCN1C(=O)c2ccccc2C1=O.